The van der Waals surface area contributed by atoms with Crippen LogP contribution in [-0.4, -0.2) is 15.1 Å². The molecule has 0 radical (unpaired) electrons. The highest BCUT2D eigenvalue weighted by atomic mass is 127. The Morgan fingerprint density at radius 2 is 2.11 bits per heavy atom. The van der Waals surface area contributed by atoms with E-state index < -0.39 is 5.56 Å². The van der Waals surface area contributed by atoms with Crippen LogP contribution in [0.3, 0.4) is 0 Å². The molecule has 0 aliphatic rings. The van der Waals surface area contributed by atoms with Gasteiger partial charge >= 0.3 is 0 Å². The van der Waals surface area contributed by atoms with Crippen molar-refractivity contribution in [2.75, 3.05) is 0 Å². The summed E-state index contributed by atoms with van der Waals surface area (Å²) in [5.41, 5.74) is 0.312. The average Bonchev–Trinajstić information content (AvgIpc) is 2.79. The second-order valence-electron chi connectivity index (χ2n) is 3.70. The Bertz CT molecular complexity index is 758. The van der Waals surface area contributed by atoms with Crippen molar-refractivity contribution in [1.82, 2.24) is 9.97 Å². The molecule has 0 bridgehead atoms. The van der Waals surface area contributed by atoms with Gasteiger partial charge in [0.05, 0.1) is 0 Å². The number of nitrogens with one attached hydrogen (secondary N) is 1. The van der Waals surface area contributed by atoms with Gasteiger partial charge in [-0.3, -0.25) is 4.79 Å². The summed E-state index contributed by atoms with van der Waals surface area (Å²) in [7, 11) is 0. The molecule has 0 aliphatic heterocycles. The molecule has 0 aliphatic carbocycles. The maximum Gasteiger partial charge on any atom is 0.268 e. The van der Waals surface area contributed by atoms with Gasteiger partial charge in [-0.05, 0) is 34.7 Å². The molecule has 0 saturated carbocycles. The van der Waals surface area contributed by atoms with Crippen LogP contribution in [0.1, 0.15) is 0 Å². The first-order chi connectivity index (χ1) is 8.65. The highest BCUT2D eigenvalue weighted by Crippen LogP contribution is 2.26. The number of H-pyrrole nitrogens is 1. The smallest absolute Gasteiger partial charge is 0.268 e. The normalized spacial score (nSPS) is 10.9. The Balaban J connectivity index is 2.23. The van der Waals surface area contributed by atoms with Crippen LogP contribution < -0.4 is 5.56 Å². The Morgan fingerprint density at radius 1 is 1.33 bits per heavy atom. The molecule has 90 valence electrons. The lowest BCUT2D eigenvalue weighted by Crippen LogP contribution is -2.12. The molecular formula is C12H7IN2O3. The summed E-state index contributed by atoms with van der Waals surface area (Å²) < 4.78 is 5.72. The lowest BCUT2D eigenvalue weighted by Gasteiger charge is -1.98. The van der Waals surface area contributed by atoms with Crippen LogP contribution >= 0.6 is 22.6 Å². The van der Waals surface area contributed by atoms with Crippen LogP contribution in [0.4, 0.5) is 0 Å². The minimum atomic E-state index is -0.390. The van der Waals surface area contributed by atoms with Crippen molar-refractivity contribution in [3.05, 3.63) is 44.3 Å². The minimum Gasteiger partial charge on any atom is -0.492 e. The van der Waals surface area contributed by atoms with Crippen LogP contribution in [0, 0.1) is 3.57 Å². The highest BCUT2D eigenvalue weighted by molar-refractivity contribution is 14.1. The summed E-state index contributed by atoms with van der Waals surface area (Å²) >= 11 is 1.73. The second-order valence-corrected chi connectivity index (χ2v) is 4.78. The van der Waals surface area contributed by atoms with Crippen molar-refractivity contribution in [2.45, 2.75) is 0 Å². The molecule has 0 atom stereocenters. The molecule has 2 heterocycles. The Labute approximate surface area is 115 Å². The van der Waals surface area contributed by atoms with Crippen molar-refractivity contribution in [3.63, 3.8) is 0 Å². The van der Waals surface area contributed by atoms with Crippen molar-refractivity contribution in [1.29, 1.82) is 0 Å². The number of furan rings is 1. The predicted octanol–water partition coefficient (Wildman–Crippen LogP) is 2.49. The average molecular weight is 354 g/mol. The van der Waals surface area contributed by atoms with Crippen LogP contribution in [0.2, 0.25) is 0 Å². The van der Waals surface area contributed by atoms with Crippen LogP contribution in [0.25, 0.3) is 22.6 Å². The Hall–Kier alpha value is -1.83. The fraction of sp³-hybridized carbons (Fsp3) is 0. The largest absolute Gasteiger partial charge is 0.492 e. The zero-order valence-electron chi connectivity index (χ0n) is 8.98. The van der Waals surface area contributed by atoms with Gasteiger partial charge in [0, 0.05) is 5.39 Å². The number of nitrogens with zero attached hydrogens (tertiary/aromatic N) is 1. The molecule has 0 amide bonds. The number of benzene rings is 1. The summed E-state index contributed by atoms with van der Waals surface area (Å²) in [6, 6.07) is 9.23. The molecule has 1 aromatic carbocycles. The molecule has 18 heavy (non-hydrogen) atoms. The van der Waals surface area contributed by atoms with Crippen molar-refractivity contribution >= 4 is 33.6 Å². The van der Waals surface area contributed by atoms with Gasteiger partial charge in [0.25, 0.3) is 5.56 Å². The summed E-state index contributed by atoms with van der Waals surface area (Å²) in [6.45, 7) is 0. The first kappa shape index (κ1) is 11.3. The maximum atomic E-state index is 11.5. The minimum absolute atomic E-state index is 0.160. The number of aromatic hydroxyl groups is 1. The third-order valence-corrected chi connectivity index (χ3v) is 3.48. The van der Waals surface area contributed by atoms with E-state index in [1.54, 1.807) is 28.7 Å². The fourth-order valence-electron chi connectivity index (χ4n) is 1.66. The van der Waals surface area contributed by atoms with E-state index in [1.807, 2.05) is 24.3 Å². The van der Waals surface area contributed by atoms with Crippen LogP contribution in [-0.2, 0) is 0 Å². The van der Waals surface area contributed by atoms with E-state index in [2.05, 4.69) is 9.97 Å². The molecule has 6 heteroatoms. The number of para-hydroxylation sites is 1. The van der Waals surface area contributed by atoms with Crippen LogP contribution in [0.15, 0.2) is 39.5 Å². The fourth-order valence-corrected chi connectivity index (χ4v) is 1.92. The van der Waals surface area contributed by atoms with Crippen molar-refractivity contribution in [3.8, 4) is 17.5 Å². The van der Waals surface area contributed by atoms with Gasteiger partial charge in [0.1, 0.15) is 9.15 Å². The van der Waals surface area contributed by atoms with E-state index in [4.69, 9.17) is 4.42 Å². The zero-order chi connectivity index (χ0) is 12.7. The molecule has 0 unspecified atom stereocenters. The third kappa shape index (κ3) is 1.78. The number of aromatic amines is 1. The summed E-state index contributed by atoms with van der Waals surface area (Å²) in [4.78, 5) is 18.0. The SMILES string of the molecule is O=c1[nH]c(-c2cc3ccccc3o2)nc(O)c1I. The summed E-state index contributed by atoms with van der Waals surface area (Å²) in [5.74, 6) is 0.337. The molecular weight excluding hydrogens is 347 g/mol. The van der Waals surface area contributed by atoms with Gasteiger partial charge in [-0.2, -0.15) is 4.98 Å². The van der Waals surface area contributed by atoms with E-state index >= 15 is 0 Å². The van der Waals surface area contributed by atoms with Gasteiger partial charge in [-0.25, -0.2) is 0 Å². The van der Waals surface area contributed by atoms with Gasteiger partial charge < -0.3 is 14.5 Å². The molecule has 3 aromatic rings. The molecule has 2 N–H and O–H groups in total. The van der Waals surface area contributed by atoms with Crippen molar-refractivity contribution in [2.24, 2.45) is 0 Å². The third-order valence-electron chi connectivity index (χ3n) is 2.50. The Kier molecular flexibility index (Phi) is 2.58. The first-order valence-electron chi connectivity index (χ1n) is 5.13. The molecule has 2 aromatic heterocycles. The number of aromatic nitrogens is 2. The zero-order valence-corrected chi connectivity index (χ0v) is 11.1. The van der Waals surface area contributed by atoms with E-state index in [0.29, 0.717) is 11.3 Å². The van der Waals surface area contributed by atoms with E-state index in [9.17, 15) is 9.90 Å². The predicted molar refractivity (Wildman–Crippen MR) is 74.4 cm³/mol. The lowest BCUT2D eigenvalue weighted by molar-refractivity contribution is 0.446. The van der Waals surface area contributed by atoms with E-state index in [-0.39, 0.29) is 15.3 Å². The Morgan fingerprint density at radius 3 is 2.83 bits per heavy atom. The molecule has 0 fully saturated rings. The molecule has 0 spiro atoms. The number of hydrogen-bond donors (Lipinski definition) is 2. The van der Waals surface area contributed by atoms with Gasteiger partial charge in [-0.15, -0.1) is 0 Å². The standard InChI is InChI=1S/C12H7IN2O3/c13-9-11(16)14-10(15-12(9)17)8-5-6-3-1-2-4-7(6)18-8/h1-5H,(H2,14,15,16,17). The van der Waals surface area contributed by atoms with Crippen molar-refractivity contribution < 1.29 is 9.52 Å². The second kappa shape index (κ2) is 4.13. The summed E-state index contributed by atoms with van der Waals surface area (Å²) in [5, 5.41) is 10.4. The number of hydrogen-bond acceptors (Lipinski definition) is 4. The first-order valence-corrected chi connectivity index (χ1v) is 6.21. The molecule has 5 nitrogen and oxygen atoms in total. The van der Waals surface area contributed by atoms with E-state index in [0.717, 1.165) is 5.39 Å². The van der Waals surface area contributed by atoms with Crippen LogP contribution in [0.5, 0.6) is 5.88 Å². The summed E-state index contributed by atoms with van der Waals surface area (Å²) in [6.07, 6.45) is 0. The molecule has 3 rings (SSSR count). The van der Waals surface area contributed by atoms with Gasteiger partial charge in [0.15, 0.2) is 11.6 Å². The maximum absolute atomic E-state index is 11.5. The number of halogens is 1. The quantitative estimate of drug-likeness (QED) is 0.658. The lowest BCUT2D eigenvalue weighted by atomic mass is 10.2. The topological polar surface area (TPSA) is 79.1 Å². The monoisotopic (exact) mass is 354 g/mol. The van der Waals surface area contributed by atoms with Gasteiger partial charge in [0.2, 0.25) is 5.88 Å². The molecule has 0 saturated heterocycles. The van der Waals surface area contributed by atoms with Gasteiger partial charge in [-0.1, -0.05) is 18.2 Å². The highest BCUT2D eigenvalue weighted by Gasteiger charge is 2.12. The number of rotatable bonds is 1. The van der Waals surface area contributed by atoms with E-state index in [1.165, 1.54) is 0 Å². The number of fused-ring (bicyclic) bond motifs is 1.